The maximum Gasteiger partial charge on any atom is 0.271 e. The molecule has 1 heterocycles. The fraction of sp³-hybridized carbons (Fsp3) is 0.182. The Balaban J connectivity index is 1.71. The minimum Gasteiger partial charge on any atom is -0.378 e. The van der Waals surface area contributed by atoms with Crippen molar-refractivity contribution in [2.24, 2.45) is 5.10 Å². The van der Waals surface area contributed by atoms with Gasteiger partial charge in [0.05, 0.1) is 11.9 Å². The van der Waals surface area contributed by atoms with Gasteiger partial charge in [-0.25, -0.2) is 5.43 Å². The van der Waals surface area contributed by atoms with Crippen molar-refractivity contribution in [3.8, 4) is 5.69 Å². The SMILES string of the molecule is CN(C)c1ccc(-n2cccc2/C=N\NC(=O)c2cccc(N(C)C)c2)cc1. The zero-order valence-electron chi connectivity index (χ0n) is 16.6. The van der Waals surface area contributed by atoms with E-state index >= 15 is 0 Å². The summed E-state index contributed by atoms with van der Waals surface area (Å²) in [5, 5.41) is 4.13. The Kier molecular flexibility index (Phi) is 5.79. The first kappa shape index (κ1) is 19.2. The molecular formula is C22H25N5O. The Bertz CT molecular complexity index is 971. The molecule has 3 aromatic rings. The standard InChI is InChI=1S/C22H25N5O/c1-25(2)18-10-12-19(13-11-18)27-14-6-9-21(27)16-23-24-22(28)17-7-5-8-20(15-17)26(3)4/h5-16H,1-4H3,(H,24,28)/b23-16-. The van der Waals surface area contributed by atoms with E-state index in [1.807, 2.05) is 74.2 Å². The predicted octanol–water partition coefficient (Wildman–Crippen LogP) is 3.37. The predicted molar refractivity (Wildman–Crippen MR) is 116 cm³/mol. The molecule has 0 saturated carbocycles. The lowest BCUT2D eigenvalue weighted by molar-refractivity contribution is 0.0955. The Morgan fingerprint density at radius 1 is 0.929 bits per heavy atom. The van der Waals surface area contributed by atoms with Gasteiger partial charge in [0.2, 0.25) is 0 Å². The smallest absolute Gasteiger partial charge is 0.271 e. The van der Waals surface area contributed by atoms with Crippen LogP contribution < -0.4 is 15.2 Å². The zero-order chi connectivity index (χ0) is 20.1. The van der Waals surface area contributed by atoms with Crippen LogP contribution in [-0.2, 0) is 0 Å². The van der Waals surface area contributed by atoms with Gasteiger partial charge >= 0.3 is 0 Å². The highest BCUT2D eigenvalue weighted by molar-refractivity contribution is 5.95. The van der Waals surface area contributed by atoms with Crippen molar-refractivity contribution in [1.29, 1.82) is 0 Å². The maximum atomic E-state index is 12.3. The van der Waals surface area contributed by atoms with Crippen molar-refractivity contribution in [3.05, 3.63) is 78.1 Å². The highest BCUT2D eigenvalue weighted by Gasteiger charge is 2.06. The Morgan fingerprint density at radius 3 is 2.32 bits per heavy atom. The highest BCUT2D eigenvalue weighted by Crippen LogP contribution is 2.17. The fourth-order valence-corrected chi connectivity index (χ4v) is 2.79. The summed E-state index contributed by atoms with van der Waals surface area (Å²) in [6.45, 7) is 0. The van der Waals surface area contributed by atoms with Crippen LogP contribution in [0, 0.1) is 0 Å². The van der Waals surface area contributed by atoms with E-state index in [2.05, 4.69) is 39.7 Å². The minimum atomic E-state index is -0.242. The molecule has 0 atom stereocenters. The molecule has 144 valence electrons. The molecule has 0 fully saturated rings. The monoisotopic (exact) mass is 375 g/mol. The van der Waals surface area contributed by atoms with Crippen LogP contribution in [0.5, 0.6) is 0 Å². The molecular weight excluding hydrogens is 350 g/mol. The summed E-state index contributed by atoms with van der Waals surface area (Å²) in [5.41, 5.74) is 7.17. The normalized spacial score (nSPS) is 10.9. The molecule has 0 radical (unpaired) electrons. The summed E-state index contributed by atoms with van der Waals surface area (Å²) in [5.74, 6) is -0.242. The number of carbonyl (C=O) groups excluding carboxylic acids is 1. The number of anilines is 2. The molecule has 0 aliphatic heterocycles. The summed E-state index contributed by atoms with van der Waals surface area (Å²) in [6, 6.07) is 19.5. The van der Waals surface area contributed by atoms with Crippen molar-refractivity contribution in [3.63, 3.8) is 0 Å². The van der Waals surface area contributed by atoms with Gasteiger partial charge in [-0.1, -0.05) is 6.07 Å². The van der Waals surface area contributed by atoms with Crippen LogP contribution >= 0.6 is 0 Å². The zero-order valence-corrected chi connectivity index (χ0v) is 16.6. The lowest BCUT2D eigenvalue weighted by Gasteiger charge is -2.13. The molecule has 3 rings (SSSR count). The van der Waals surface area contributed by atoms with Crippen LogP contribution in [0.1, 0.15) is 16.1 Å². The molecule has 0 aliphatic rings. The number of aromatic nitrogens is 1. The third-order valence-electron chi connectivity index (χ3n) is 4.41. The second-order valence-electron chi connectivity index (χ2n) is 6.86. The van der Waals surface area contributed by atoms with E-state index in [1.54, 1.807) is 12.3 Å². The van der Waals surface area contributed by atoms with Gasteiger partial charge in [0.25, 0.3) is 5.91 Å². The van der Waals surface area contributed by atoms with Crippen LogP contribution in [0.4, 0.5) is 11.4 Å². The second kappa shape index (κ2) is 8.43. The summed E-state index contributed by atoms with van der Waals surface area (Å²) in [7, 11) is 7.90. The van der Waals surface area contributed by atoms with Gasteiger partial charge in [0, 0.05) is 57.0 Å². The lowest BCUT2D eigenvalue weighted by Crippen LogP contribution is -2.18. The number of amides is 1. The van der Waals surface area contributed by atoms with Gasteiger partial charge in [-0.15, -0.1) is 0 Å². The summed E-state index contributed by atoms with van der Waals surface area (Å²) < 4.78 is 2.02. The second-order valence-corrected chi connectivity index (χ2v) is 6.86. The molecule has 0 spiro atoms. The van der Waals surface area contributed by atoms with Crippen LogP contribution in [0.25, 0.3) is 5.69 Å². The van der Waals surface area contributed by atoms with Gasteiger partial charge in [0.15, 0.2) is 0 Å². The molecule has 0 bridgehead atoms. The molecule has 6 nitrogen and oxygen atoms in total. The first-order valence-corrected chi connectivity index (χ1v) is 9.01. The topological polar surface area (TPSA) is 52.9 Å². The summed E-state index contributed by atoms with van der Waals surface area (Å²) >= 11 is 0. The van der Waals surface area contributed by atoms with Crippen LogP contribution in [0.15, 0.2) is 72.0 Å². The van der Waals surface area contributed by atoms with Crippen molar-refractivity contribution in [2.75, 3.05) is 38.0 Å². The van der Waals surface area contributed by atoms with Crippen LogP contribution in [0.3, 0.4) is 0 Å². The number of carbonyl (C=O) groups is 1. The van der Waals surface area contributed by atoms with Crippen molar-refractivity contribution < 1.29 is 4.79 Å². The van der Waals surface area contributed by atoms with Crippen molar-refractivity contribution >= 4 is 23.5 Å². The molecule has 2 aromatic carbocycles. The number of rotatable bonds is 6. The van der Waals surface area contributed by atoms with Gasteiger partial charge in [0.1, 0.15) is 0 Å². The van der Waals surface area contributed by atoms with E-state index in [4.69, 9.17) is 0 Å². The van der Waals surface area contributed by atoms with Crippen molar-refractivity contribution in [1.82, 2.24) is 9.99 Å². The molecule has 1 N–H and O–H groups in total. The fourth-order valence-electron chi connectivity index (χ4n) is 2.79. The molecule has 0 aliphatic carbocycles. The average Bonchev–Trinajstić information content (AvgIpc) is 3.16. The molecule has 1 amide bonds. The van der Waals surface area contributed by atoms with Crippen LogP contribution in [-0.4, -0.2) is 44.9 Å². The maximum absolute atomic E-state index is 12.3. The largest absolute Gasteiger partial charge is 0.378 e. The molecule has 0 unspecified atom stereocenters. The van der Waals surface area contributed by atoms with E-state index < -0.39 is 0 Å². The Labute approximate surface area is 165 Å². The van der Waals surface area contributed by atoms with Crippen molar-refractivity contribution in [2.45, 2.75) is 0 Å². The van der Waals surface area contributed by atoms with Gasteiger partial charge in [-0.05, 0) is 54.6 Å². The first-order valence-electron chi connectivity index (χ1n) is 9.01. The van der Waals surface area contributed by atoms with Gasteiger partial charge in [-0.3, -0.25) is 4.79 Å². The third-order valence-corrected chi connectivity index (χ3v) is 4.41. The quantitative estimate of drug-likeness (QED) is 0.531. The minimum absolute atomic E-state index is 0.242. The van der Waals surface area contributed by atoms with E-state index in [0.717, 1.165) is 22.8 Å². The number of hydrazone groups is 1. The summed E-state index contributed by atoms with van der Waals surface area (Å²) in [6.07, 6.45) is 3.61. The number of benzene rings is 2. The molecule has 0 saturated heterocycles. The van der Waals surface area contributed by atoms with E-state index in [9.17, 15) is 4.79 Å². The first-order chi connectivity index (χ1) is 13.5. The van der Waals surface area contributed by atoms with Gasteiger partial charge in [-0.2, -0.15) is 5.10 Å². The Morgan fingerprint density at radius 2 is 1.64 bits per heavy atom. The van der Waals surface area contributed by atoms with E-state index in [-0.39, 0.29) is 5.91 Å². The number of nitrogens with zero attached hydrogens (tertiary/aromatic N) is 4. The molecule has 1 aromatic heterocycles. The molecule has 6 heteroatoms. The third kappa shape index (κ3) is 4.40. The number of hydrogen-bond acceptors (Lipinski definition) is 4. The van der Waals surface area contributed by atoms with Gasteiger partial charge < -0.3 is 14.4 Å². The Hall–Kier alpha value is -3.54. The summed E-state index contributed by atoms with van der Waals surface area (Å²) in [4.78, 5) is 16.4. The average molecular weight is 375 g/mol. The number of nitrogens with one attached hydrogen (secondary N) is 1. The van der Waals surface area contributed by atoms with E-state index in [1.165, 1.54) is 0 Å². The molecule has 28 heavy (non-hydrogen) atoms. The van der Waals surface area contributed by atoms with E-state index in [0.29, 0.717) is 5.56 Å². The van der Waals surface area contributed by atoms with Crippen LogP contribution in [0.2, 0.25) is 0 Å². The highest BCUT2D eigenvalue weighted by atomic mass is 16.2. The number of hydrogen-bond donors (Lipinski definition) is 1. The lowest BCUT2D eigenvalue weighted by atomic mass is 10.2.